The fourth-order valence-electron chi connectivity index (χ4n) is 2.13. The Morgan fingerprint density at radius 3 is 2.79 bits per heavy atom. The van der Waals surface area contributed by atoms with E-state index in [1.54, 1.807) is 23.5 Å². The van der Waals surface area contributed by atoms with Gasteiger partial charge >= 0.3 is 0 Å². The van der Waals surface area contributed by atoms with Crippen LogP contribution in [0.4, 0.5) is 10.7 Å². The largest absolute Gasteiger partial charge is 0.375 e. The van der Waals surface area contributed by atoms with Gasteiger partial charge in [0, 0.05) is 24.2 Å². The monoisotopic (exact) mass is 275 g/mol. The van der Waals surface area contributed by atoms with Gasteiger partial charge in [-0.1, -0.05) is 11.3 Å². The number of nitro benzene ring substituents is 1. The molecule has 0 aliphatic carbocycles. The van der Waals surface area contributed by atoms with E-state index >= 15 is 0 Å². The van der Waals surface area contributed by atoms with Crippen LogP contribution in [0, 0.1) is 10.1 Å². The Balaban J connectivity index is 1.91. The molecule has 1 aromatic carbocycles. The Labute approximate surface area is 114 Å². The predicted octanol–water partition coefficient (Wildman–Crippen LogP) is 3.47. The number of hydrogen-bond acceptors (Lipinski definition) is 5. The Bertz CT molecular complexity index is 583. The molecule has 0 unspecified atom stereocenters. The number of anilines is 1. The van der Waals surface area contributed by atoms with Crippen LogP contribution in [0.3, 0.4) is 0 Å². The summed E-state index contributed by atoms with van der Waals surface area (Å²) in [5, 5.41) is 16.1. The topological polar surface area (TPSA) is 68.1 Å². The number of nitrogens with zero attached hydrogens (tertiary/aromatic N) is 2. The Morgan fingerprint density at radius 2 is 2.05 bits per heavy atom. The Kier molecular flexibility index (Phi) is 3.16. The van der Waals surface area contributed by atoms with Gasteiger partial charge in [-0.05, 0) is 31.4 Å². The van der Waals surface area contributed by atoms with Crippen LogP contribution in [0.15, 0.2) is 24.3 Å². The number of aromatic nitrogens is 1. The van der Waals surface area contributed by atoms with E-state index in [9.17, 15) is 10.1 Å². The lowest BCUT2D eigenvalue weighted by Crippen LogP contribution is -1.96. The molecule has 6 heteroatoms. The van der Waals surface area contributed by atoms with E-state index in [2.05, 4.69) is 10.3 Å². The SMILES string of the molecule is O=[N+]([O-])c1ccc(-c2nc3c(s2)NCCCC3)cc1. The van der Waals surface area contributed by atoms with Crippen LogP contribution in [-0.4, -0.2) is 16.5 Å². The molecule has 2 heterocycles. The molecule has 0 spiro atoms. The zero-order valence-electron chi connectivity index (χ0n) is 10.3. The van der Waals surface area contributed by atoms with Crippen LogP contribution in [0.1, 0.15) is 18.5 Å². The molecule has 98 valence electrons. The van der Waals surface area contributed by atoms with Gasteiger partial charge in [-0.25, -0.2) is 4.98 Å². The van der Waals surface area contributed by atoms with Crippen molar-refractivity contribution in [2.75, 3.05) is 11.9 Å². The zero-order chi connectivity index (χ0) is 13.2. The highest BCUT2D eigenvalue weighted by Gasteiger charge is 2.15. The number of aryl methyl sites for hydroxylation is 1. The number of thiazole rings is 1. The number of fused-ring (bicyclic) bond motifs is 1. The number of benzene rings is 1. The minimum Gasteiger partial charge on any atom is -0.375 e. The van der Waals surface area contributed by atoms with Gasteiger partial charge in [-0.15, -0.1) is 0 Å². The van der Waals surface area contributed by atoms with E-state index in [1.807, 2.05) is 0 Å². The molecular weight excluding hydrogens is 262 g/mol. The maximum atomic E-state index is 10.6. The molecule has 5 nitrogen and oxygen atoms in total. The van der Waals surface area contributed by atoms with Crippen molar-refractivity contribution in [3.8, 4) is 10.6 Å². The molecule has 1 aliphatic heterocycles. The smallest absolute Gasteiger partial charge is 0.269 e. The second-order valence-electron chi connectivity index (χ2n) is 4.48. The quantitative estimate of drug-likeness (QED) is 0.673. The molecule has 0 bridgehead atoms. The second-order valence-corrected chi connectivity index (χ2v) is 5.48. The third kappa shape index (κ3) is 2.44. The van der Waals surface area contributed by atoms with Gasteiger partial charge in [0.2, 0.25) is 0 Å². The summed E-state index contributed by atoms with van der Waals surface area (Å²) in [5.41, 5.74) is 2.17. The predicted molar refractivity (Wildman–Crippen MR) is 75.6 cm³/mol. The van der Waals surface area contributed by atoms with Crippen molar-refractivity contribution >= 4 is 22.0 Å². The maximum absolute atomic E-state index is 10.6. The van der Waals surface area contributed by atoms with E-state index in [1.165, 1.54) is 18.6 Å². The summed E-state index contributed by atoms with van der Waals surface area (Å²) < 4.78 is 0. The maximum Gasteiger partial charge on any atom is 0.269 e. The number of hydrogen-bond donors (Lipinski definition) is 1. The van der Waals surface area contributed by atoms with Crippen molar-refractivity contribution in [2.24, 2.45) is 0 Å². The Morgan fingerprint density at radius 1 is 1.26 bits per heavy atom. The first-order valence-electron chi connectivity index (χ1n) is 6.22. The second kappa shape index (κ2) is 4.97. The van der Waals surface area contributed by atoms with Crippen LogP contribution in [-0.2, 0) is 6.42 Å². The van der Waals surface area contributed by atoms with Crippen molar-refractivity contribution in [3.63, 3.8) is 0 Å². The molecular formula is C13H13N3O2S. The van der Waals surface area contributed by atoms with E-state index in [0.717, 1.165) is 40.7 Å². The van der Waals surface area contributed by atoms with E-state index in [0.29, 0.717) is 0 Å². The first-order valence-corrected chi connectivity index (χ1v) is 7.04. The molecule has 19 heavy (non-hydrogen) atoms. The van der Waals surface area contributed by atoms with Gasteiger partial charge in [-0.2, -0.15) is 0 Å². The van der Waals surface area contributed by atoms with E-state index in [-0.39, 0.29) is 10.6 Å². The van der Waals surface area contributed by atoms with Gasteiger partial charge < -0.3 is 5.32 Å². The molecule has 3 rings (SSSR count). The summed E-state index contributed by atoms with van der Waals surface area (Å²) >= 11 is 1.62. The molecule has 0 saturated heterocycles. The van der Waals surface area contributed by atoms with Gasteiger partial charge in [0.25, 0.3) is 5.69 Å². The number of nitrogens with one attached hydrogen (secondary N) is 1. The summed E-state index contributed by atoms with van der Waals surface area (Å²) in [4.78, 5) is 14.9. The molecule has 1 aliphatic rings. The third-order valence-electron chi connectivity index (χ3n) is 3.15. The first-order chi connectivity index (χ1) is 9.24. The lowest BCUT2D eigenvalue weighted by molar-refractivity contribution is -0.384. The van der Waals surface area contributed by atoms with Gasteiger partial charge in [0.1, 0.15) is 10.0 Å². The molecule has 0 atom stereocenters. The molecule has 2 aromatic rings. The first kappa shape index (κ1) is 12.1. The third-order valence-corrected chi connectivity index (χ3v) is 4.25. The van der Waals surface area contributed by atoms with E-state index < -0.39 is 0 Å². The zero-order valence-corrected chi connectivity index (χ0v) is 11.1. The summed E-state index contributed by atoms with van der Waals surface area (Å²) in [6, 6.07) is 6.57. The molecule has 0 fully saturated rings. The van der Waals surface area contributed by atoms with Crippen molar-refractivity contribution in [2.45, 2.75) is 19.3 Å². The van der Waals surface area contributed by atoms with Crippen molar-refractivity contribution in [1.82, 2.24) is 4.98 Å². The summed E-state index contributed by atoms with van der Waals surface area (Å²) in [6.07, 6.45) is 3.34. The summed E-state index contributed by atoms with van der Waals surface area (Å²) in [7, 11) is 0. The highest BCUT2D eigenvalue weighted by Crippen LogP contribution is 2.34. The lowest BCUT2D eigenvalue weighted by Gasteiger charge is -1.98. The van der Waals surface area contributed by atoms with Crippen LogP contribution in [0.2, 0.25) is 0 Å². The van der Waals surface area contributed by atoms with Crippen molar-refractivity contribution in [3.05, 3.63) is 40.1 Å². The lowest BCUT2D eigenvalue weighted by atomic mass is 10.2. The summed E-state index contributed by atoms with van der Waals surface area (Å²) in [5.74, 6) is 0. The molecule has 0 radical (unpaired) electrons. The van der Waals surface area contributed by atoms with Crippen LogP contribution >= 0.6 is 11.3 Å². The molecule has 0 amide bonds. The van der Waals surface area contributed by atoms with Crippen LogP contribution in [0.5, 0.6) is 0 Å². The summed E-state index contributed by atoms with van der Waals surface area (Å²) in [6.45, 7) is 0.995. The molecule has 0 saturated carbocycles. The Hall–Kier alpha value is -1.95. The normalized spacial score (nSPS) is 14.3. The van der Waals surface area contributed by atoms with Crippen LogP contribution < -0.4 is 5.32 Å². The number of rotatable bonds is 2. The average Bonchev–Trinajstić information content (AvgIpc) is 2.70. The number of nitro groups is 1. The number of non-ortho nitro benzene ring substituents is 1. The minimum absolute atomic E-state index is 0.111. The standard InChI is InChI=1S/C13H13N3O2S/c17-16(18)10-6-4-9(5-7-10)12-15-11-3-1-2-8-14-13(11)19-12/h4-7,14H,1-3,8H2. The fourth-order valence-corrected chi connectivity index (χ4v) is 3.17. The highest BCUT2D eigenvalue weighted by atomic mass is 32.1. The average molecular weight is 275 g/mol. The van der Waals surface area contributed by atoms with Crippen molar-refractivity contribution < 1.29 is 4.92 Å². The highest BCUT2D eigenvalue weighted by molar-refractivity contribution is 7.19. The molecule has 1 aromatic heterocycles. The van der Waals surface area contributed by atoms with E-state index in [4.69, 9.17) is 0 Å². The minimum atomic E-state index is -0.387. The fraction of sp³-hybridized carbons (Fsp3) is 0.308. The van der Waals surface area contributed by atoms with Crippen LogP contribution in [0.25, 0.3) is 10.6 Å². The van der Waals surface area contributed by atoms with Gasteiger partial charge in [0.15, 0.2) is 0 Å². The van der Waals surface area contributed by atoms with Gasteiger partial charge in [0.05, 0.1) is 10.6 Å². The van der Waals surface area contributed by atoms with Gasteiger partial charge in [-0.3, -0.25) is 10.1 Å². The van der Waals surface area contributed by atoms with Crippen molar-refractivity contribution in [1.29, 1.82) is 0 Å². The molecule has 1 N–H and O–H groups in total.